The molecule has 0 aromatic heterocycles. The monoisotopic (exact) mass is 171 g/mol. The van der Waals surface area contributed by atoms with Gasteiger partial charge in [0.05, 0.1) is 0 Å². The molecular formula is C9H15Ti. The zero-order chi connectivity index (χ0) is 7.02. The van der Waals surface area contributed by atoms with Crippen molar-refractivity contribution in [2.75, 3.05) is 0 Å². The van der Waals surface area contributed by atoms with Crippen LogP contribution in [0.4, 0.5) is 0 Å². The van der Waals surface area contributed by atoms with Crippen LogP contribution in [0.15, 0.2) is 16.7 Å². The molecule has 0 bridgehead atoms. The van der Waals surface area contributed by atoms with Crippen molar-refractivity contribution in [1.29, 1.82) is 0 Å². The molecule has 0 aromatic rings. The molecule has 0 nitrogen and oxygen atoms in total. The molecule has 0 spiro atoms. The number of allylic oxidation sites excluding steroid dienone is 4. The fraction of sp³-hybridized carbons (Fsp3) is 0.556. The first kappa shape index (κ1) is 10.2. The van der Waals surface area contributed by atoms with E-state index >= 15 is 0 Å². The Bertz CT molecular complexity index is 195. The molecular weight excluding hydrogens is 156 g/mol. The van der Waals surface area contributed by atoms with E-state index < -0.39 is 0 Å². The Hall–Kier alpha value is 0.194. The number of rotatable bonds is 0. The summed E-state index contributed by atoms with van der Waals surface area (Å²) in [5.74, 6) is 0.560. The largest absolute Gasteiger partial charge is 3.00 e. The summed E-state index contributed by atoms with van der Waals surface area (Å²) in [4.78, 5) is 0. The average Bonchev–Trinajstić information content (AvgIpc) is 1.98. The first-order chi connectivity index (χ1) is 4.13. The normalized spacial score (nSPS) is 24.4. The molecule has 0 aromatic carbocycles. The maximum atomic E-state index is 3.36. The van der Waals surface area contributed by atoms with Crippen LogP contribution in [-0.4, -0.2) is 0 Å². The Balaban J connectivity index is -0.000000270. The van der Waals surface area contributed by atoms with Gasteiger partial charge in [-0.25, -0.2) is 5.57 Å². The summed E-state index contributed by atoms with van der Waals surface area (Å²) in [6.45, 7) is 8.67. The third kappa shape index (κ3) is 1.62. The predicted octanol–water partition coefficient (Wildman–Crippen LogP) is 2.94. The van der Waals surface area contributed by atoms with E-state index in [1.807, 2.05) is 0 Å². The first-order valence-corrected chi connectivity index (χ1v) is 3.40. The molecule has 1 rings (SSSR count). The first-order valence-electron chi connectivity index (χ1n) is 3.40. The van der Waals surface area contributed by atoms with E-state index in [1.54, 1.807) is 0 Å². The molecule has 55 valence electrons. The molecule has 1 aliphatic rings. The van der Waals surface area contributed by atoms with Crippen molar-refractivity contribution < 1.29 is 24.6 Å². The van der Waals surface area contributed by atoms with E-state index in [1.165, 1.54) is 16.7 Å². The minimum absolute atomic E-state index is 0. The van der Waals surface area contributed by atoms with E-state index in [9.17, 15) is 0 Å². The molecule has 1 radical (unpaired) electrons. The fourth-order valence-electron chi connectivity index (χ4n) is 1.16. The van der Waals surface area contributed by atoms with Gasteiger partial charge < -0.3 is 2.85 Å². The molecule has 1 unspecified atom stereocenters. The Morgan fingerprint density at radius 2 is 1.80 bits per heavy atom. The van der Waals surface area contributed by atoms with Crippen LogP contribution >= 0.6 is 0 Å². The van der Waals surface area contributed by atoms with Crippen LogP contribution in [0.3, 0.4) is 0 Å². The minimum atomic E-state index is 0. The molecule has 0 aliphatic heterocycles. The molecule has 0 saturated carbocycles. The van der Waals surface area contributed by atoms with Crippen molar-refractivity contribution in [2.24, 2.45) is 5.92 Å². The number of hydrogen-bond acceptors (Lipinski definition) is 0. The van der Waals surface area contributed by atoms with Crippen LogP contribution in [-0.2, 0) is 21.7 Å². The Labute approximate surface area is 81.2 Å². The van der Waals surface area contributed by atoms with Gasteiger partial charge in [0.15, 0.2) is 0 Å². The molecule has 1 heteroatoms. The quantitative estimate of drug-likeness (QED) is 0.388. The van der Waals surface area contributed by atoms with E-state index in [-0.39, 0.29) is 24.6 Å². The average molecular weight is 171 g/mol. The van der Waals surface area contributed by atoms with Gasteiger partial charge in [-0.2, -0.15) is 11.1 Å². The molecule has 0 fully saturated rings. The Morgan fingerprint density at radius 1 is 1.30 bits per heavy atom. The van der Waals surface area contributed by atoms with Crippen molar-refractivity contribution in [3.8, 4) is 0 Å². The zero-order valence-electron chi connectivity index (χ0n) is 9.08. The van der Waals surface area contributed by atoms with Gasteiger partial charge in [-0.15, -0.1) is 6.92 Å². The second-order valence-corrected chi connectivity index (χ2v) is 2.80. The smallest absolute Gasteiger partial charge is 1.00 e. The maximum absolute atomic E-state index is 3.36. The summed E-state index contributed by atoms with van der Waals surface area (Å²) in [6, 6.07) is 0. The van der Waals surface area contributed by atoms with Crippen molar-refractivity contribution in [3.05, 3.63) is 22.8 Å². The van der Waals surface area contributed by atoms with Crippen LogP contribution in [0, 0.1) is 12.0 Å². The predicted molar refractivity (Wildman–Crippen MR) is 42.2 cm³/mol. The molecule has 0 N–H and O–H groups in total. The van der Waals surface area contributed by atoms with Crippen LogP contribution in [0.1, 0.15) is 30.5 Å². The van der Waals surface area contributed by atoms with Crippen LogP contribution < -0.4 is 0 Å². The van der Waals surface area contributed by atoms with E-state index in [2.05, 4.69) is 33.8 Å². The summed E-state index contributed by atoms with van der Waals surface area (Å²) in [5.41, 5.74) is 4.25. The molecule has 1 atom stereocenters. The zero-order valence-corrected chi connectivity index (χ0v) is 8.64. The van der Waals surface area contributed by atoms with Crippen LogP contribution in [0.5, 0.6) is 0 Å². The second kappa shape index (κ2) is 3.55. The van der Waals surface area contributed by atoms with Crippen molar-refractivity contribution in [3.63, 3.8) is 0 Å². The van der Waals surface area contributed by atoms with Gasteiger partial charge in [-0.1, -0.05) is 26.7 Å². The van der Waals surface area contributed by atoms with Gasteiger partial charge in [0.2, 0.25) is 0 Å². The third-order valence-electron chi connectivity index (χ3n) is 2.24. The van der Waals surface area contributed by atoms with Crippen LogP contribution in [0.2, 0.25) is 0 Å². The summed E-state index contributed by atoms with van der Waals surface area (Å²) >= 11 is 0. The number of hydrogen-bond donors (Lipinski definition) is 0. The SMILES string of the molecule is CC1=[C-]C(C)C(C)=C1C.[H-].[H-].[Ti+3]. The Kier molecular flexibility index (Phi) is 3.62. The van der Waals surface area contributed by atoms with Gasteiger partial charge in [-0.3, -0.25) is 6.08 Å². The Morgan fingerprint density at radius 3 is 1.90 bits per heavy atom. The van der Waals surface area contributed by atoms with E-state index in [0.29, 0.717) is 5.92 Å². The summed E-state index contributed by atoms with van der Waals surface area (Å²) in [5, 5.41) is 0. The topological polar surface area (TPSA) is 0 Å². The summed E-state index contributed by atoms with van der Waals surface area (Å²) < 4.78 is 0. The van der Waals surface area contributed by atoms with Crippen molar-refractivity contribution >= 4 is 0 Å². The molecule has 0 saturated heterocycles. The molecule has 0 heterocycles. The molecule has 10 heavy (non-hydrogen) atoms. The molecule has 0 amide bonds. The van der Waals surface area contributed by atoms with Gasteiger partial charge >= 0.3 is 21.7 Å². The summed E-state index contributed by atoms with van der Waals surface area (Å²) in [7, 11) is 0. The molecule has 1 aliphatic carbocycles. The summed E-state index contributed by atoms with van der Waals surface area (Å²) in [6.07, 6.45) is 3.36. The van der Waals surface area contributed by atoms with Gasteiger partial charge in [0, 0.05) is 0 Å². The van der Waals surface area contributed by atoms with Gasteiger partial charge in [0.1, 0.15) is 0 Å². The van der Waals surface area contributed by atoms with Gasteiger partial charge in [0.25, 0.3) is 0 Å². The second-order valence-electron chi connectivity index (χ2n) is 2.80. The third-order valence-corrected chi connectivity index (χ3v) is 2.24. The minimum Gasteiger partial charge on any atom is -1.00 e. The maximum Gasteiger partial charge on any atom is 3.00 e. The van der Waals surface area contributed by atoms with E-state index in [0.717, 1.165) is 0 Å². The van der Waals surface area contributed by atoms with E-state index in [4.69, 9.17) is 0 Å². The fourth-order valence-corrected chi connectivity index (χ4v) is 1.16. The van der Waals surface area contributed by atoms with Crippen molar-refractivity contribution in [2.45, 2.75) is 27.7 Å². The van der Waals surface area contributed by atoms with Gasteiger partial charge in [-0.05, 0) is 0 Å². The van der Waals surface area contributed by atoms with Crippen molar-refractivity contribution in [1.82, 2.24) is 0 Å². The van der Waals surface area contributed by atoms with Crippen LogP contribution in [0.25, 0.3) is 0 Å². The standard InChI is InChI=1S/C9H13.Ti.2H/c1-6-5-7(2)9(4)8(6)3;;;/h6H,1-4H3;;;/q-1;+3;2*-1.